The van der Waals surface area contributed by atoms with Crippen LogP contribution in [0.4, 0.5) is 0 Å². The first-order valence-electron chi connectivity index (χ1n) is 9.95. The van der Waals surface area contributed by atoms with Gasteiger partial charge in [0.2, 0.25) is 0 Å². The second-order valence-electron chi connectivity index (χ2n) is 6.73. The lowest BCUT2D eigenvalue weighted by molar-refractivity contribution is -0.140. The van der Waals surface area contributed by atoms with Gasteiger partial charge in [-0.3, -0.25) is 4.79 Å². The number of ether oxygens (including phenoxy) is 2. The maximum Gasteiger partial charge on any atom is 0.305 e. The van der Waals surface area contributed by atoms with Crippen molar-refractivity contribution in [1.29, 1.82) is 0 Å². The molecule has 4 nitrogen and oxygen atoms in total. The molecule has 0 bridgehead atoms. The van der Waals surface area contributed by atoms with Crippen LogP contribution in [0, 0.1) is 0 Å². The molecular formula is C20H40O4. The summed E-state index contributed by atoms with van der Waals surface area (Å²) in [5, 5.41) is 8.73. The first kappa shape index (κ1) is 23.4. The largest absolute Gasteiger partial charge is 0.469 e. The second-order valence-corrected chi connectivity index (χ2v) is 6.73. The van der Waals surface area contributed by atoms with E-state index in [0.29, 0.717) is 19.1 Å². The number of hydrogen-bond acceptors (Lipinski definition) is 4. The quantitative estimate of drug-likeness (QED) is 0.280. The summed E-state index contributed by atoms with van der Waals surface area (Å²) >= 11 is 0. The van der Waals surface area contributed by atoms with Crippen molar-refractivity contribution in [2.24, 2.45) is 0 Å². The minimum Gasteiger partial charge on any atom is -0.469 e. The van der Waals surface area contributed by atoms with E-state index in [1.807, 2.05) is 7.11 Å². The first-order chi connectivity index (χ1) is 11.7. The van der Waals surface area contributed by atoms with Crippen LogP contribution in [0.3, 0.4) is 0 Å². The fraction of sp³-hybridized carbons (Fsp3) is 0.950. The zero-order valence-electron chi connectivity index (χ0n) is 16.1. The summed E-state index contributed by atoms with van der Waals surface area (Å²) in [6, 6.07) is 0. The van der Waals surface area contributed by atoms with E-state index in [4.69, 9.17) is 9.84 Å². The van der Waals surface area contributed by atoms with Crippen LogP contribution in [-0.2, 0) is 14.3 Å². The maximum absolute atomic E-state index is 11.0. The second kappa shape index (κ2) is 18.7. The molecule has 0 fully saturated rings. The standard InChI is InChI=1S/C20H40O4/c1-23-19(16-12-8-5-6-10-14-18-21)15-11-7-3-4-9-13-17-20(22)24-2/h19,21H,3-18H2,1-2H3. The third kappa shape index (κ3) is 16.3. The molecule has 0 heterocycles. The van der Waals surface area contributed by atoms with Gasteiger partial charge in [0.15, 0.2) is 0 Å². The lowest BCUT2D eigenvalue weighted by Crippen LogP contribution is -2.10. The summed E-state index contributed by atoms with van der Waals surface area (Å²) in [7, 11) is 3.28. The summed E-state index contributed by atoms with van der Waals surface area (Å²) in [5.41, 5.74) is 0. The van der Waals surface area contributed by atoms with Gasteiger partial charge in [0.25, 0.3) is 0 Å². The molecule has 1 N–H and O–H groups in total. The Labute approximate surface area is 149 Å². The molecule has 0 radical (unpaired) electrons. The number of methoxy groups -OCH3 is 2. The van der Waals surface area contributed by atoms with E-state index in [1.165, 1.54) is 71.3 Å². The van der Waals surface area contributed by atoms with Crippen LogP contribution in [0.5, 0.6) is 0 Å². The number of aliphatic hydroxyl groups is 1. The number of carbonyl (C=O) groups excluding carboxylic acids is 1. The summed E-state index contributed by atoms with van der Waals surface area (Å²) in [6.07, 6.45) is 17.5. The average Bonchev–Trinajstić information content (AvgIpc) is 2.60. The number of hydrogen-bond donors (Lipinski definition) is 1. The fourth-order valence-corrected chi connectivity index (χ4v) is 3.02. The van der Waals surface area contributed by atoms with E-state index in [0.717, 1.165) is 25.7 Å². The van der Waals surface area contributed by atoms with Gasteiger partial charge in [0, 0.05) is 20.1 Å². The molecule has 0 aromatic heterocycles. The molecule has 0 aromatic carbocycles. The topological polar surface area (TPSA) is 55.8 Å². The maximum atomic E-state index is 11.0. The minimum atomic E-state index is -0.0914. The molecule has 0 rings (SSSR count). The van der Waals surface area contributed by atoms with Crippen LogP contribution in [0.2, 0.25) is 0 Å². The van der Waals surface area contributed by atoms with Gasteiger partial charge in [-0.15, -0.1) is 0 Å². The van der Waals surface area contributed by atoms with Crippen molar-refractivity contribution >= 4 is 5.97 Å². The Morgan fingerprint density at radius 2 is 1.21 bits per heavy atom. The van der Waals surface area contributed by atoms with Crippen LogP contribution >= 0.6 is 0 Å². The molecule has 1 atom stereocenters. The Kier molecular flexibility index (Phi) is 18.2. The summed E-state index contributed by atoms with van der Waals surface area (Å²) in [5.74, 6) is -0.0914. The molecule has 24 heavy (non-hydrogen) atoms. The Bertz CT molecular complexity index is 268. The zero-order chi connectivity index (χ0) is 17.9. The summed E-state index contributed by atoms with van der Waals surface area (Å²) in [6.45, 7) is 0.330. The van der Waals surface area contributed by atoms with Crippen molar-refractivity contribution in [3.63, 3.8) is 0 Å². The smallest absolute Gasteiger partial charge is 0.305 e. The third-order valence-corrected chi connectivity index (χ3v) is 4.65. The highest BCUT2D eigenvalue weighted by atomic mass is 16.5. The van der Waals surface area contributed by atoms with Crippen molar-refractivity contribution in [3.05, 3.63) is 0 Å². The molecule has 0 amide bonds. The van der Waals surface area contributed by atoms with Crippen LogP contribution in [-0.4, -0.2) is 38.0 Å². The number of aliphatic hydroxyl groups excluding tert-OH is 1. The fourth-order valence-electron chi connectivity index (χ4n) is 3.02. The molecule has 0 aliphatic rings. The molecule has 0 aromatic rings. The van der Waals surface area contributed by atoms with Crippen LogP contribution < -0.4 is 0 Å². The highest BCUT2D eigenvalue weighted by Gasteiger charge is 2.06. The zero-order valence-corrected chi connectivity index (χ0v) is 16.1. The van der Waals surface area contributed by atoms with Gasteiger partial charge in [0.1, 0.15) is 0 Å². The molecule has 144 valence electrons. The van der Waals surface area contributed by atoms with Gasteiger partial charge in [-0.1, -0.05) is 64.2 Å². The van der Waals surface area contributed by atoms with E-state index in [-0.39, 0.29) is 5.97 Å². The predicted octanol–water partition coefficient (Wildman–Crippen LogP) is 5.02. The van der Waals surface area contributed by atoms with Crippen molar-refractivity contribution in [2.75, 3.05) is 20.8 Å². The third-order valence-electron chi connectivity index (χ3n) is 4.65. The number of carbonyl (C=O) groups is 1. The molecule has 0 spiro atoms. The Morgan fingerprint density at radius 3 is 1.67 bits per heavy atom. The molecule has 1 unspecified atom stereocenters. The SMILES string of the molecule is COC(=O)CCCCCCCCC(CCCCCCCCO)OC. The van der Waals surface area contributed by atoms with E-state index < -0.39 is 0 Å². The van der Waals surface area contributed by atoms with E-state index in [9.17, 15) is 4.79 Å². The molecule has 0 saturated heterocycles. The Morgan fingerprint density at radius 1 is 0.750 bits per heavy atom. The monoisotopic (exact) mass is 344 g/mol. The van der Waals surface area contributed by atoms with E-state index >= 15 is 0 Å². The molecule has 0 aliphatic heterocycles. The summed E-state index contributed by atoms with van der Waals surface area (Å²) in [4.78, 5) is 11.0. The number of rotatable bonds is 18. The number of esters is 1. The Hall–Kier alpha value is -0.610. The van der Waals surface area contributed by atoms with Crippen molar-refractivity contribution in [3.8, 4) is 0 Å². The summed E-state index contributed by atoms with van der Waals surface area (Å²) < 4.78 is 10.2. The first-order valence-corrected chi connectivity index (χ1v) is 9.95. The van der Waals surface area contributed by atoms with Gasteiger partial charge >= 0.3 is 5.97 Å². The van der Waals surface area contributed by atoms with Gasteiger partial charge in [-0.05, 0) is 25.7 Å². The van der Waals surface area contributed by atoms with Gasteiger partial charge in [-0.2, -0.15) is 0 Å². The van der Waals surface area contributed by atoms with Crippen molar-refractivity contribution in [1.82, 2.24) is 0 Å². The minimum absolute atomic E-state index is 0.0914. The van der Waals surface area contributed by atoms with Crippen LogP contribution in [0.1, 0.15) is 96.3 Å². The molecule has 4 heteroatoms. The predicted molar refractivity (Wildman–Crippen MR) is 99.2 cm³/mol. The molecule has 0 saturated carbocycles. The Balaban J connectivity index is 3.34. The number of unbranched alkanes of at least 4 members (excludes halogenated alkanes) is 10. The van der Waals surface area contributed by atoms with Crippen LogP contribution in [0.15, 0.2) is 0 Å². The average molecular weight is 345 g/mol. The van der Waals surface area contributed by atoms with Gasteiger partial charge in [-0.25, -0.2) is 0 Å². The molecular weight excluding hydrogens is 304 g/mol. The van der Waals surface area contributed by atoms with Gasteiger partial charge < -0.3 is 14.6 Å². The van der Waals surface area contributed by atoms with Crippen LogP contribution in [0.25, 0.3) is 0 Å². The highest BCUT2D eigenvalue weighted by Crippen LogP contribution is 2.16. The lowest BCUT2D eigenvalue weighted by atomic mass is 10.0. The highest BCUT2D eigenvalue weighted by molar-refractivity contribution is 5.68. The van der Waals surface area contributed by atoms with Crippen molar-refractivity contribution in [2.45, 2.75) is 102 Å². The van der Waals surface area contributed by atoms with Gasteiger partial charge in [0.05, 0.1) is 13.2 Å². The van der Waals surface area contributed by atoms with E-state index in [2.05, 4.69) is 4.74 Å². The van der Waals surface area contributed by atoms with E-state index in [1.54, 1.807) is 0 Å². The molecule has 0 aliphatic carbocycles. The lowest BCUT2D eigenvalue weighted by Gasteiger charge is -2.15. The van der Waals surface area contributed by atoms with Crippen molar-refractivity contribution < 1.29 is 19.4 Å². The normalized spacial score (nSPS) is 12.3.